The number of benzene rings is 1. The van der Waals surface area contributed by atoms with Crippen LogP contribution >= 0.6 is 11.8 Å². The monoisotopic (exact) mass is 449 g/mol. The minimum Gasteiger partial charge on any atom is -0.454 e. The summed E-state index contributed by atoms with van der Waals surface area (Å²) in [7, 11) is -3.47. The first kappa shape index (κ1) is 21.0. The number of fused-ring (bicyclic) bond motifs is 1. The predicted molar refractivity (Wildman–Crippen MR) is 112 cm³/mol. The molecule has 160 valence electrons. The first-order valence-electron chi connectivity index (χ1n) is 9.71. The van der Waals surface area contributed by atoms with E-state index in [9.17, 15) is 13.2 Å². The molecule has 1 saturated heterocycles. The maximum atomic E-state index is 12.5. The second-order valence-electron chi connectivity index (χ2n) is 7.13. The van der Waals surface area contributed by atoms with E-state index in [0.717, 1.165) is 18.4 Å². The van der Waals surface area contributed by atoms with Crippen LogP contribution in [0.2, 0.25) is 0 Å². The van der Waals surface area contributed by atoms with Gasteiger partial charge in [0.15, 0.2) is 11.5 Å². The lowest BCUT2D eigenvalue weighted by Crippen LogP contribution is -2.28. The molecule has 1 atom stereocenters. The number of hydrogen-bond donors (Lipinski definition) is 1. The maximum absolute atomic E-state index is 12.5. The van der Waals surface area contributed by atoms with Crippen LogP contribution in [-0.2, 0) is 14.8 Å². The van der Waals surface area contributed by atoms with Crippen molar-refractivity contribution in [2.24, 2.45) is 0 Å². The summed E-state index contributed by atoms with van der Waals surface area (Å²) in [5.41, 5.74) is 0.923. The van der Waals surface area contributed by atoms with Crippen LogP contribution in [0.5, 0.6) is 11.5 Å². The van der Waals surface area contributed by atoms with Crippen molar-refractivity contribution in [2.75, 3.05) is 25.6 Å². The fourth-order valence-corrected chi connectivity index (χ4v) is 5.49. The number of sulfonamides is 1. The van der Waals surface area contributed by atoms with Crippen molar-refractivity contribution in [1.29, 1.82) is 0 Å². The Kier molecular flexibility index (Phi) is 6.16. The smallest absolute Gasteiger partial charge is 0.244 e. The molecule has 3 heterocycles. The Labute approximate surface area is 180 Å². The highest BCUT2D eigenvalue weighted by Gasteiger charge is 2.27. The van der Waals surface area contributed by atoms with Crippen LogP contribution in [0.4, 0.5) is 0 Å². The zero-order valence-corrected chi connectivity index (χ0v) is 18.2. The molecule has 1 fully saturated rings. The van der Waals surface area contributed by atoms with Crippen molar-refractivity contribution in [3.05, 3.63) is 42.1 Å². The molecule has 0 radical (unpaired) electrons. The number of nitrogens with zero attached hydrogens (tertiary/aromatic N) is 2. The fourth-order valence-electron chi connectivity index (χ4n) is 3.37. The predicted octanol–water partition coefficient (Wildman–Crippen LogP) is 2.56. The Morgan fingerprint density at radius 3 is 2.70 bits per heavy atom. The quantitative estimate of drug-likeness (QED) is 0.649. The van der Waals surface area contributed by atoms with Crippen LogP contribution < -0.4 is 14.8 Å². The number of thioether (sulfide) groups is 1. The lowest BCUT2D eigenvalue weighted by atomic mass is 10.1. The molecule has 4 rings (SSSR count). The number of nitrogens with one attached hydrogen (secondary N) is 1. The highest BCUT2D eigenvalue weighted by molar-refractivity contribution is 7.99. The fraction of sp³-hybridized carbons (Fsp3) is 0.400. The molecule has 2 aliphatic rings. The molecule has 0 bridgehead atoms. The van der Waals surface area contributed by atoms with Gasteiger partial charge in [0.1, 0.15) is 4.90 Å². The zero-order chi connectivity index (χ0) is 21.1. The SMILES string of the molecule is C[C@H](NC(=O)CSc1ccc(S(=O)(=O)N2CCCC2)cn1)c1ccc2c(c1)OCO2. The number of amides is 1. The first-order valence-corrected chi connectivity index (χ1v) is 12.1. The Hall–Kier alpha value is -2.30. The molecule has 1 N–H and O–H groups in total. The third-order valence-electron chi connectivity index (χ3n) is 5.04. The van der Waals surface area contributed by atoms with E-state index >= 15 is 0 Å². The van der Waals surface area contributed by atoms with Gasteiger partial charge in [-0.2, -0.15) is 4.31 Å². The Morgan fingerprint density at radius 2 is 1.97 bits per heavy atom. The normalized spacial score (nSPS) is 17.1. The van der Waals surface area contributed by atoms with Gasteiger partial charge in [-0.05, 0) is 49.6 Å². The number of carbonyl (C=O) groups excluding carboxylic acids is 1. The van der Waals surface area contributed by atoms with E-state index in [2.05, 4.69) is 10.3 Å². The number of ether oxygens (including phenoxy) is 2. The van der Waals surface area contributed by atoms with Gasteiger partial charge in [0.05, 0.1) is 16.8 Å². The molecule has 0 saturated carbocycles. The van der Waals surface area contributed by atoms with Crippen LogP contribution in [0, 0.1) is 0 Å². The van der Waals surface area contributed by atoms with Crippen molar-refractivity contribution in [2.45, 2.75) is 35.7 Å². The maximum Gasteiger partial charge on any atom is 0.244 e. The Morgan fingerprint density at radius 1 is 1.20 bits per heavy atom. The molecule has 2 aromatic rings. The summed E-state index contributed by atoms with van der Waals surface area (Å²) in [5.74, 6) is 1.42. The highest BCUT2D eigenvalue weighted by atomic mass is 32.2. The van der Waals surface area contributed by atoms with Gasteiger partial charge in [-0.15, -0.1) is 0 Å². The van der Waals surface area contributed by atoms with Gasteiger partial charge in [-0.3, -0.25) is 4.79 Å². The number of carbonyl (C=O) groups is 1. The molecule has 1 aromatic heterocycles. The van der Waals surface area contributed by atoms with E-state index in [1.54, 1.807) is 12.1 Å². The molecule has 2 aliphatic heterocycles. The second-order valence-corrected chi connectivity index (χ2v) is 10.1. The number of hydrogen-bond acceptors (Lipinski definition) is 7. The average Bonchev–Trinajstić information content (AvgIpc) is 3.44. The molecular formula is C20H23N3O5S2. The molecule has 1 aromatic carbocycles. The number of aromatic nitrogens is 1. The summed E-state index contributed by atoms with van der Waals surface area (Å²) >= 11 is 1.26. The minimum absolute atomic E-state index is 0.138. The van der Waals surface area contributed by atoms with E-state index < -0.39 is 10.0 Å². The molecule has 0 spiro atoms. The summed E-state index contributed by atoms with van der Waals surface area (Å²) in [5, 5.41) is 3.54. The molecule has 1 amide bonds. The van der Waals surface area contributed by atoms with Gasteiger partial charge < -0.3 is 14.8 Å². The molecule has 0 unspecified atom stereocenters. The van der Waals surface area contributed by atoms with E-state index in [1.165, 1.54) is 22.3 Å². The van der Waals surface area contributed by atoms with Gasteiger partial charge >= 0.3 is 0 Å². The first-order chi connectivity index (χ1) is 14.4. The standard InChI is InChI=1S/C20H23N3O5S2/c1-14(15-4-6-17-18(10-15)28-13-27-17)22-19(24)12-29-20-7-5-16(11-21-20)30(25,26)23-8-2-3-9-23/h4-7,10-11,14H,2-3,8-9,12-13H2,1H3,(H,22,24)/t14-/m0/s1. The third-order valence-corrected chi connectivity index (χ3v) is 7.86. The number of pyridine rings is 1. The van der Waals surface area contributed by atoms with Crippen LogP contribution in [-0.4, -0.2) is 49.2 Å². The lowest BCUT2D eigenvalue weighted by Gasteiger charge is -2.15. The Bertz CT molecular complexity index is 1020. The van der Waals surface area contributed by atoms with E-state index in [-0.39, 0.29) is 29.4 Å². The van der Waals surface area contributed by atoms with Gasteiger partial charge in [0.2, 0.25) is 22.7 Å². The van der Waals surface area contributed by atoms with E-state index in [1.807, 2.05) is 25.1 Å². The van der Waals surface area contributed by atoms with Crippen molar-refractivity contribution in [3.63, 3.8) is 0 Å². The summed E-state index contributed by atoms with van der Waals surface area (Å²) in [6.45, 7) is 3.22. The third kappa shape index (κ3) is 4.55. The highest BCUT2D eigenvalue weighted by Crippen LogP contribution is 2.34. The topological polar surface area (TPSA) is 97.8 Å². The van der Waals surface area contributed by atoms with Crippen LogP contribution in [0.25, 0.3) is 0 Å². The van der Waals surface area contributed by atoms with Crippen molar-refractivity contribution in [1.82, 2.24) is 14.6 Å². The van der Waals surface area contributed by atoms with Gasteiger partial charge in [0, 0.05) is 19.3 Å². The summed E-state index contributed by atoms with van der Waals surface area (Å²) in [4.78, 5) is 16.7. The van der Waals surface area contributed by atoms with Crippen LogP contribution in [0.1, 0.15) is 31.4 Å². The second kappa shape index (κ2) is 8.83. The van der Waals surface area contributed by atoms with Gasteiger partial charge in [-0.1, -0.05) is 17.8 Å². The molecule has 30 heavy (non-hydrogen) atoms. The molecular weight excluding hydrogens is 426 g/mol. The lowest BCUT2D eigenvalue weighted by molar-refractivity contribution is -0.119. The Balaban J connectivity index is 1.30. The van der Waals surface area contributed by atoms with Crippen LogP contribution in [0.3, 0.4) is 0 Å². The summed E-state index contributed by atoms with van der Waals surface area (Å²) < 4.78 is 37.2. The van der Waals surface area contributed by atoms with Gasteiger partial charge in [0.25, 0.3) is 0 Å². The minimum atomic E-state index is -3.47. The summed E-state index contributed by atoms with van der Waals surface area (Å²) in [6.07, 6.45) is 3.14. The summed E-state index contributed by atoms with van der Waals surface area (Å²) in [6, 6.07) is 8.59. The molecule has 10 heteroatoms. The largest absolute Gasteiger partial charge is 0.454 e. The zero-order valence-electron chi connectivity index (χ0n) is 16.5. The molecule has 0 aliphatic carbocycles. The van der Waals surface area contributed by atoms with E-state index in [4.69, 9.17) is 9.47 Å². The van der Waals surface area contributed by atoms with Crippen molar-refractivity contribution < 1.29 is 22.7 Å². The van der Waals surface area contributed by atoms with E-state index in [0.29, 0.717) is 29.6 Å². The van der Waals surface area contributed by atoms with Crippen molar-refractivity contribution in [3.8, 4) is 11.5 Å². The number of rotatable bonds is 7. The van der Waals surface area contributed by atoms with Crippen molar-refractivity contribution >= 4 is 27.7 Å². The van der Waals surface area contributed by atoms with Crippen LogP contribution in [0.15, 0.2) is 46.5 Å². The molecule has 8 nitrogen and oxygen atoms in total. The van der Waals surface area contributed by atoms with Gasteiger partial charge in [-0.25, -0.2) is 13.4 Å². The average molecular weight is 450 g/mol.